The third-order valence-corrected chi connectivity index (χ3v) is 4.62. The van der Waals surface area contributed by atoms with Crippen LogP contribution in [0.2, 0.25) is 0 Å². The number of hydrogen-bond donors (Lipinski definition) is 1. The van der Waals surface area contributed by atoms with E-state index in [0.29, 0.717) is 6.04 Å². The molecule has 0 aliphatic heterocycles. The maximum Gasteiger partial charge on any atom is 0.0314 e. The molecule has 0 aromatic carbocycles. The van der Waals surface area contributed by atoms with Crippen molar-refractivity contribution in [2.75, 3.05) is 0 Å². The molecule has 0 saturated heterocycles. The molecule has 1 nitrogen and oxygen atoms in total. The van der Waals surface area contributed by atoms with E-state index in [-0.39, 0.29) is 0 Å². The summed E-state index contributed by atoms with van der Waals surface area (Å²) in [5, 5.41) is 3.57. The molecule has 0 bridgehead atoms. The average molecular weight is 272 g/mol. The van der Waals surface area contributed by atoms with Crippen molar-refractivity contribution >= 4 is 27.3 Å². The minimum absolute atomic E-state index is 0.663. The molecule has 1 N–H and O–H groups in total. The topological polar surface area (TPSA) is 12.0 Å². The van der Waals surface area contributed by atoms with Crippen LogP contribution in [0.4, 0.5) is 0 Å². The van der Waals surface area contributed by atoms with Crippen LogP contribution in [0, 0.1) is 6.92 Å². The summed E-state index contributed by atoms with van der Waals surface area (Å²) >= 11 is 5.41. The Hall–Kier alpha value is -0.120. The van der Waals surface area contributed by atoms with Crippen LogP contribution in [-0.2, 0) is 6.54 Å². The van der Waals surface area contributed by atoms with Gasteiger partial charge in [0.2, 0.25) is 0 Å². The molecule has 0 saturated carbocycles. The normalized spacial score (nSPS) is 16.7. The van der Waals surface area contributed by atoms with Gasteiger partial charge in [-0.2, -0.15) is 0 Å². The highest BCUT2D eigenvalue weighted by molar-refractivity contribution is 9.10. The first-order valence-corrected chi connectivity index (χ1v) is 6.50. The molecule has 76 valence electrons. The fraction of sp³-hybridized carbons (Fsp3) is 0.455. The fourth-order valence-electron chi connectivity index (χ4n) is 1.63. The smallest absolute Gasteiger partial charge is 0.0314 e. The Balaban J connectivity index is 1.85. The molecule has 1 heterocycles. The van der Waals surface area contributed by atoms with Crippen molar-refractivity contribution in [2.45, 2.75) is 32.4 Å². The van der Waals surface area contributed by atoms with Gasteiger partial charge in [0, 0.05) is 26.8 Å². The molecular formula is C11H14BrNS. The van der Waals surface area contributed by atoms with Gasteiger partial charge in [-0.15, -0.1) is 11.3 Å². The summed E-state index contributed by atoms with van der Waals surface area (Å²) < 4.78 is 1.24. The molecule has 2 rings (SSSR count). The van der Waals surface area contributed by atoms with Gasteiger partial charge in [0.25, 0.3) is 0 Å². The molecule has 14 heavy (non-hydrogen) atoms. The first kappa shape index (κ1) is 10.4. The monoisotopic (exact) mass is 271 g/mol. The van der Waals surface area contributed by atoms with Gasteiger partial charge in [-0.1, -0.05) is 12.2 Å². The molecule has 0 radical (unpaired) electrons. The largest absolute Gasteiger partial charge is 0.308 e. The molecule has 1 aliphatic carbocycles. The lowest BCUT2D eigenvalue weighted by atomic mass is 10.2. The lowest BCUT2D eigenvalue weighted by molar-refractivity contribution is 0.542. The van der Waals surface area contributed by atoms with E-state index in [1.54, 1.807) is 0 Å². The second-order valence-electron chi connectivity index (χ2n) is 3.64. The van der Waals surface area contributed by atoms with Crippen molar-refractivity contribution in [2.24, 2.45) is 0 Å². The van der Waals surface area contributed by atoms with Gasteiger partial charge in [-0.25, -0.2) is 0 Å². The number of nitrogens with one attached hydrogen (secondary N) is 1. The van der Waals surface area contributed by atoms with Crippen LogP contribution in [0.15, 0.2) is 22.7 Å². The van der Waals surface area contributed by atoms with Gasteiger partial charge in [-0.05, 0) is 41.8 Å². The van der Waals surface area contributed by atoms with E-state index >= 15 is 0 Å². The van der Waals surface area contributed by atoms with E-state index < -0.39 is 0 Å². The lowest BCUT2D eigenvalue weighted by Gasteiger charge is -2.09. The Kier molecular flexibility index (Phi) is 3.42. The summed E-state index contributed by atoms with van der Waals surface area (Å²) in [5.41, 5.74) is 0. The summed E-state index contributed by atoms with van der Waals surface area (Å²) in [7, 11) is 0. The second-order valence-corrected chi connectivity index (χ2v) is 5.83. The summed E-state index contributed by atoms with van der Waals surface area (Å²) in [6.45, 7) is 3.15. The first-order valence-electron chi connectivity index (χ1n) is 4.89. The summed E-state index contributed by atoms with van der Waals surface area (Å²) in [5.74, 6) is 0. The van der Waals surface area contributed by atoms with Crippen LogP contribution >= 0.6 is 27.3 Å². The van der Waals surface area contributed by atoms with E-state index in [2.05, 4.69) is 46.4 Å². The van der Waals surface area contributed by atoms with E-state index in [1.165, 1.54) is 27.1 Å². The Morgan fingerprint density at radius 3 is 2.79 bits per heavy atom. The van der Waals surface area contributed by atoms with Crippen LogP contribution in [0.1, 0.15) is 22.6 Å². The van der Waals surface area contributed by atoms with Crippen molar-refractivity contribution in [3.05, 3.63) is 32.4 Å². The van der Waals surface area contributed by atoms with Gasteiger partial charge in [0.1, 0.15) is 0 Å². The van der Waals surface area contributed by atoms with E-state index in [1.807, 2.05) is 11.3 Å². The Bertz CT molecular complexity index is 316. The zero-order valence-corrected chi connectivity index (χ0v) is 10.6. The Morgan fingerprint density at radius 1 is 1.50 bits per heavy atom. The minimum atomic E-state index is 0.663. The molecule has 1 aromatic heterocycles. The maximum atomic E-state index is 3.57. The highest BCUT2D eigenvalue weighted by Gasteiger charge is 2.10. The summed E-state index contributed by atoms with van der Waals surface area (Å²) in [6.07, 6.45) is 6.89. The van der Waals surface area contributed by atoms with Crippen molar-refractivity contribution in [1.82, 2.24) is 5.32 Å². The van der Waals surface area contributed by atoms with Gasteiger partial charge in [-0.3, -0.25) is 0 Å². The highest BCUT2D eigenvalue weighted by atomic mass is 79.9. The predicted octanol–water partition coefficient (Wildman–Crippen LogP) is 3.63. The maximum absolute atomic E-state index is 3.57. The number of halogens is 1. The standard InChI is InChI=1S/C11H14BrNS/c1-8-11(12)6-10(14-8)7-13-9-4-2-3-5-9/h2-3,6,9,13H,4-5,7H2,1H3. The van der Waals surface area contributed by atoms with E-state index in [0.717, 1.165) is 6.54 Å². The number of hydrogen-bond acceptors (Lipinski definition) is 2. The van der Waals surface area contributed by atoms with Crippen LogP contribution in [0.25, 0.3) is 0 Å². The van der Waals surface area contributed by atoms with Crippen LogP contribution in [0.3, 0.4) is 0 Å². The Labute approximate surface area is 97.3 Å². The van der Waals surface area contributed by atoms with Crippen molar-refractivity contribution < 1.29 is 0 Å². The zero-order valence-electron chi connectivity index (χ0n) is 8.22. The zero-order chi connectivity index (χ0) is 9.97. The fourth-order valence-corrected chi connectivity index (χ4v) is 3.19. The number of thiophene rings is 1. The van der Waals surface area contributed by atoms with Gasteiger partial charge >= 0.3 is 0 Å². The van der Waals surface area contributed by atoms with Crippen molar-refractivity contribution in [1.29, 1.82) is 0 Å². The molecular weight excluding hydrogens is 258 g/mol. The summed E-state index contributed by atoms with van der Waals surface area (Å²) in [6, 6.07) is 2.88. The molecule has 0 unspecified atom stereocenters. The van der Waals surface area contributed by atoms with Gasteiger partial charge < -0.3 is 5.32 Å². The molecule has 3 heteroatoms. The predicted molar refractivity (Wildman–Crippen MR) is 65.8 cm³/mol. The Morgan fingerprint density at radius 2 is 2.21 bits per heavy atom. The third kappa shape index (κ3) is 2.47. The number of rotatable bonds is 3. The average Bonchev–Trinajstić information content (AvgIpc) is 2.74. The molecule has 0 amide bonds. The molecule has 1 aromatic rings. The van der Waals surface area contributed by atoms with Gasteiger partial charge in [0.05, 0.1) is 0 Å². The van der Waals surface area contributed by atoms with Crippen molar-refractivity contribution in [3.8, 4) is 0 Å². The lowest BCUT2D eigenvalue weighted by Crippen LogP contribution is -2.25. The highest BCUT2D eigenvalue weighted by Crippen LogP contribution is 2.26. The van der Waals surface area contributed by atoms with Crippen molar-refractivity contribution in [3.63, 3.8) is 0 Å². The molecule has 0 fully saturated rings. The van der Waals surface area contributed by atoms with Crippen LogP contribution in [-0.4, -0.2) is 6.04 Å². The van der Waals surface area contributed by atoms with E-state index in [9.17, 15) is 0 Å². The molecule has 0 atom stereocenters. The molecule has 0 spiro atoms. The van der Waals surface area contributed by atoms with Gasteiger partial charge in [0.15, 0.2) is 0 Å². The SMILES string of the molecule is Cc1sc(CNC2CC=CC2)cc1Br. The number of aryl methyl sites for hydroxylation is 1. The second kappa shape index (κ2) is 4.60. The van der Waals surface area contributed by atoms with Crippen LogP contribution in [0.5, 0.6) is 0 Å². The first-order chi connectivity index (χ1) is 6.75. The summed E-state index contributed by atoms with van der Waals surface area (Å²) in [4.78, 5) is 2.78. The third-order valence-electron chi connectivity index (χ3n) is 2.48. The molecule has 1 aliphatic rings. The van der Waals surface area contributed by atoms with E-state index in [4.69, 9.17) is 0 Å². The minimum Gasteiger partial charge on any atom is -0.308 e. The quantitative estimate of drug-likeness (QED) is 0.828. The van der Waals surface area contributed by atoms with Crippen LogP contribution < -0.4 is 5.32 Å².